The molecule has 0 atom stereocenters. The minimum Gasteiger partial charge on any atom is -0.478 e. The van der Waals surface area contributed by atoms with Crippen LogP contribution in [-0.2, 0) is 11.3 Å². The Morgan fingerprint density at radius 1 is 1.00 bits per heavy atom. The van der Waals surface area contributed by atoms with Crippen LogP contribution in [0.2, 0.25) is 5.02 Å². The van der Waals surface area contributed by atoms with Gasteiger partial charge in [0.15, 0.2) is 5.60 Å². The van der Waals surface area contributed by atoms with E-state index in [-0.39, 0.29) is 5.91 Å². The number of anilines is 1. The number of ether oxygens (including phenoxy) is 1. The first-order valence-corrected chi connectivity index (χ1v) is 10.0. The molecule has 0 spiro atoms. The average Bonchev–Trinajstić information content (AvgIpc) is 3.02. The summed E-state index contributed by atoms with van der Waals surface area (Å²) in [5.41, 5.74) is 2.05. The predicted molar refractivity (Wildman–Crippen MR) is 120 cm³/mol. The standard InChI is InChI=1S/C24H23ClN2O2/c1-4-27-21-8-6-5-7-19(21)20-15-17(11-14-22(20)27)26-23(28)24(2,3)29-18-12-9-16(25)10-13-18/h5-15H,4H2,1-3H3,(H,26,28). The van der Waals surface area contributed by atoms with Crippen LogP contribution in [0, 0.1) is 0 Å². The maximum Gasteiger partial charge on any atom is 0.267 e. The minimum absolute atomic E-state index is 0.217. The average molecular weight is 407 g/mol. The SMILES string of the molecule is CCn1c2ccccc2c2cc(NC(=O)C(C)(C)Oc3ccc(Cl)cc3)ccc21. The van der Waals surface area contributed by atoms with Crippen molar-refractivity contribution in [3.63, 3.8) is 0 Å². The van der Waals surface area contributed by atoms with Crippen molar-refractivity contribution in [1.82, 2.24) is 4.57 Å². The van der Waals surface area contributed by atoms with Crippen LogP contribution in [-0.4, -0.2) is 16.1 Å². The molecule has 0 aliphatic rings. The summed E-state index contributed by atoms with van der Waals surface area (Å²) in [4.78, 5) is 12.9. The molecular weight excluding hydrogens is 384 g/mol. The minimum atomic E-state index is -1.04. The van der Waals surface area contributed by atoms with Crippen molar-refractivity contribution in [3.05, 3.63) is 71.8 Å². The van der Waals surface area contributed by atoms with Crippen LogP contribution >= 0.6 is 11.6 Å². The van der Waals surface area contributed by atoms with E-state index >= 15 is 0 Å². The number of carbonyl (C=O) groups is 1. The molecule has 29 heavy (non-hydrogen) atoms. The summed E-state index contributed by atoms with van der Waals surface area (Å²) < 4.78 is 8.18. The molecule has 4 nitrogen and oxygen atoms in total. The summed E-state index contributed by atoms with van der Waals surface area (Å²) in [7, 11) is 0. The highest BCUT2D eigenvalue weighted by molar-refractivity contribution is 6.30. The molecule has 3 aromatic carbocycles. The molecule has 0 aliphatic heterocycles. The van der Waals surface area contributed by atoms with Gasteiger partial charge in [0.1, 0.15) is 5.75 Å². The van der Waals surface area contributed by atoms with Crippen LogP contribution in [0.1, 0.15) is 20.8 Å². The first-order valence-electron chi connectivity index (χ1n) is 9.66. The van der Waals surface area contributed by atoms with Gasteiger partial charge in [0, 0.05) is 39.1 Å². The summed E-state index contributed by atoms with van der Waals surface area (Å²) in [5.74, 6) is 0.377. The summed E-state index contributed by atoms with van der Waals surface area (Å²) in [6.45, 7) is 6.52. The Hall–Kier alpha value is -2.98. The molecule has 1 N–H and O–H groups in total. The van der Waals surface area contributed by atoms with Crippen LogP contribution in [0.25, 0.3) is 21.8 Å². The summed E-state index contributed by atoms with van der Waals surface area (Å²) in [6, 6.07) is 21.3. The Morgan fingerprint density at radius 2 is 1.69 bits per heavy atom. The van der Waals surface area contributed by atoms with Gasteiger partial charge in [0.2, 0.25) is 0 Å². The molecule has 4 rings (SSSR count). The van der Waals surface area contributed by atoms with Gasteiger partial charge in [-0.2, -0.15) is 0 Å². The molecule has 148 valence electrons. The van der Waals surface area contributed by atoms with Crippen molar-refractivity contribution < 1.29 is 9.53 Å². The number of rotatable bonds is 5. The van der Waals surface area contributed by atoms with E-state index in [1.54, 1.807) is 38.1 Å². The van der Waals surface area contributed by atoms with Gasteiger partial charge in [-0.25, -0.2) is 0 Å². The van der Waals surface area contributed by atoms with Crippen molar-refractivity contribution >= 4 is 45.0 Å². The summed E-state index contributed by atoms with van der Waals surface area (Å²) >= 11 is 5.92. The molecule has 1 amide bonds. The fourth-order valence-electron chi connectivity index (χ4n) is 3.60. The number of halogens is 1. The summed E-state index contributed by atoms with van der Waals surface area (Å²) in [5, 5.41) is 5.92. The lowest BCUT2D eigenvalue weighted by molar-refractivity contribution is -0.128. The number of amides is 1. The molecule has 5 heteroatoms. The van der Waals surface area contributed by atoms with Crippen molar-refractivity contribution in [2.75, 3.05) is 5.32 Å². The highest BCUT2D eigenvalue weighted by Crippen LogP contribution is 2.31. The van der Waals surface area contributed by atoms with E-state index in [1.807, 2.05) is 24.3 Å². The number of nitrogens with one attached hydrogen (secondary N) is 1. The fraction of sp³-hybridized carbons (Fsp3) is 0.208. The van der Waals surface area contributed by atoms with Crippen molar-refractivity contribution in [1.29, 1.82) is 0 Å². The molecule has 4 aromatic rings. The molecular formula is C24H23ClN2O2. The number of para-hydroxylation sites is 1. The third-order valence-electron chi connectivity index (χ3n) is 5.08. The molecule has 0 fully saturated rings. The van der Waals surface area contributed by atoms with Gasteiger partial charge in [-0.1, -0.05) is 29.8 Å². The number of aromatic nitrogens is 1. The van der Waals surface area contributed by atoms with Crippen molar-refractivity contribution in [2.24, 2.45) is 0 Å². The van der Waals surface area contributed by atoms with E-state index in [9.17, 15) is 4.79 Å². The molecule has 0 saturated carbocycles. The van der Waals surface area contributed by atoms with E-state index in [4.69, 9.17) is 16.3 Å². The van der Waals surface area contributed by atoms with Gasteiger partial charge in [-0.15, -0.1) is 0 Å². The lowest BCUT2D eigenvalue weighted by atomic mass is 10.1. The molecule has 0 saturated heterocycles. The fourth-order valence-corrected chi connectivity index (χ4v) is 3.72. The number of benzene rings is 3. The number of nitrogens with zero attached hydrogens (tertiary/aromatic N) is 1. The molecule has 0 unspecified atom stereocenters. The molecule has 1 aromatic heterocycles. The normalized spacial score (nSPS) is 11.7. The van der Waals surface area contributed by atoms with Crippen molar-refractivity contribution in [3.8, 4) is 5.75 Å². The van der Waals surface area contributed by atoms with Gasteiger partial charge in [-0.05, 0) is 69.3 Å². The van der Waals surface area contributed by atoms with E-state index in [0.29, 0.717) is 10.8 Å². The zero-order valence-electron chi connectivity index (χ0n) is 16.7. The molecule has 0 aliphatic carbocycles. The van der Waals surface area contributed by atoms with Gasteiger partial charge in [0.25, 0.3) is 5.91 Å². The number of hydrogen-bond acceptors (Lipinski definition) is 2. The largest absolute Gasteiger partial charge is 0.478 e. The zero-order valence-corrected chi connectivity index (χ0v) is 17.5. The van der Waals surface area contributed by atoms with Gasteiger partial charge in [-0.3, -0.25) is 4.79 Å². The maximum absolute atomic E-state index is 12.9. The summed E-state index contributed by atoms with van der Waals surface area (Å²) in [6.07, 6.45) is 0. The van der Waals surface area contributed by atoms with E-state index in [1.165, 1.54) is 10.9 Å². The van der Waals surface area contributed by atoms with Gasteiger partial charge >= 0.3 is 0 Å². The Labute approximate surface area is 175 Å². The van der Waals surface area contributed by atoms with Crippen LogP contribution < -0.4 is 10.1 Å². The Balaban J connectivity index is 1.62. The third-order valence-corrected chi connectivity index (χ3v) is 5.33. The quantitative estimate of drug-likeness (QED) is 0.424. The number of carbonyl (C=O) groups excluding carboxylic acids is 1. The van der Waals surface area contributed by atoms with E-state index < -0.39 is 5.60 Å². The second-order valence-corrected chi connectivity index (χ2v) is 7.95. The van der Waals surface area contributed by atoms with Gasteiger partial charge < -0.3 is 14.6 Å². The first-order chi connectivity index (χ1) is 13.9. The van der Waals surface area contributed by atoms with Crippen LogP contribution in [0.4, 0.5) is 5.69 Å². The monoisotopic (exact) mass is 406 g/mol. The van der Waals surface area contributed by atoms with Crippen LogP contribution in [0.15, 0.2) is 66.7 Å². The predicted octanol–water partition coefficient (Wildman–Crippen LogP) is 6.26. The van der Waals surface area contributed by atoms with Crippen LogP contribution in [0.3, 0.4) is 0 Å². The topological polar surface area (TPSA) is 43.3 Å². The lowest BCUT2D eigenvalue weighted by Crippen LogP contribution is -2.42. The Kier molecular flexibility index (Phi) is 4.97. The van der Waals surface area contributed by atoms with Crippen molar-refractivity contribution in [2.45, 2.75) is 32.9 Å². The molecule has 0 bridgehead atoms. The van der Waals surface area contributed by atoms with Crippen LogP contribution in [0.5, 0.6) is 5.75 Å². The highest BCUT2D eigenvalue weighted by atomic mass is 35.5. The zero-order chi connectivity index (χ0) is 20.6. The van der Waals surface area contributed by atoms with E-state index in [0.717, 1.165) is 23.1 Å². The first kappa shape index (κ1) is 19.3. The van der Waals surface area contributed by atoms with E-state index in [2.05, 4.69) is 35.0 Å². The Morgan fingerprint density at radius 3 is 2.41 bits per heavy atom. The van der Waals surface area contributed by atoms with Gasteiger partial charge in [0.05, 0.1) is 0 Å². The maximum atomic E-state index is 12.9. The second kappa shape index (κ2) is 7.45. The number of hydrogen-bond donors (Lipinski definition) is 1. The molecule has 1 heterocycles. The number of fused-ring (bicyclic) bond motifs is 3. The Bertz CT molecular complexity index is 1190. The molecule has 0 radical (unpaired) electrons. The second-order valence-electron chi connectivity index (χ2n) is 7.51. The lowest BCUT2D eigenvalue weighted by Gasteiger charge is -2.25. The third kappa shape index (κ3) is 3.68. The smallest absolute Gasteiger partial charge is 0.267 e. The number of aryl methyl sites for hydroxylation is 1. The highest BCUT2D eigenvalue weighted by Gasteiger charge is 2.30.